The van der Waals surface area contributed by atoms with Crippen molar-refractivity contribution >= 4 is 30.0 Å². The molecule has 27 heavy (non-hydrogen) atoms. The Kier molecular flexibility index (Phi) is 4.38. The van der Waals surface area contributed by atoms with Crippen molar-refractivity contribution in [3.8, 4) is 5.69 Å². The van der Waals surface area contributed by atoms with Crippen LogP contribution in [0.1, 0.15) is 35.3 Å². The molecule has 0 radical (unpaired) electrons. The fourth-order valence-corrected chi connectivity index (χ4v) is 3.66. The highest BCUT2D eigenvalue weighted by Crippen LogP contribution is 2.30. The SMILES string of the molecule is CC1(C)OB(O)c2cc(CC(=O)c3ccc(-n4cncn4)cc3Cl)ccc21. The summed E-state index contributed by atoms with van der Waals surface area (Å²) in [7, 11) is -0.976. The summed E-state index contributed by atoms with van der Waals surface area (Å²) in [6, 6.07) is 10.8. The molecule has 4 rings (SSSR count). The minimum atomic E-state index is -0.976. The fourth-order valence-electron chi connectivity index (χ4n) is 3.38. The Hall–Kier alpha value is -2.48. The molecule has 0 atom stereocenters. The van der Waals surface area contributed by atoms with Crippen LogP contribution in [-0.4, -0.2) is 32.7 Å². The number of benzene rings is 2. The third-order valence-corrected chi connectivity index (χ3v) is 5.05. The predicted molar refractivity (Wildman–Crippen MR) is 103 cm³/mol. The average molecular weight is 382 g/mol. The largest absolute Gasteiger partial charge is 0.492 e. The Morgan fingerprint density at radius 3 is 2.81 bits per heavy atom. The number of hydrogen-bond acceptors (Lipinski definition) is 5. The van der Waals surface area contributed by atoms with E-state index in [2.05, 4.69) is 10.1 Å². The van der Waals surface area contributed by atoms with Crippen molar-refractivity contribution in [2.75, 3.05) is 0 Å². The van der Waals surface area contributed by atoms with Gasteiger partial charge >= 0.3 is 7.12 Å². The van der Waals surface area contributed by atoms with Gasteiger partial charge in [0.05, 0.1) is 16.3 Å². The van der Waals surface area contributed by atoms with Crippen molar-refractivity contribution in [3.05, 3.63) is 70.8 Å². The number of Topliss-reactive ketones (excluding diaryl/α,β-unsaturated/α-hetero) is 1. The van der Waals surface area contributed by atoms with E-state index in [-0.39, 0.29) is 12.2 Å². The van der Waals surface area contributed by atoms with Crippen LogP contribution in [0, 0.1) is 0 Å². The smallest absolute Gasteiger partial charge is 0.423 e. The van der Waals surface area contributed by atoms with Crippen LogP contribution in [0.2, 0.25) is 5.02 Å². The molecule has 136 valence electrons. The number of carbonyl (C=O) groups is 1. The standard InChI is InChI=1S/C19H17BClN3O3/c1-19(2)15-6-3-12(7-16(15)20(26)27-19)8-18(25)14-5-4-13(9-17(14)21)24-11-22-10-23-24/h3-7,9-11,26H,8H2,1-2H3. The zero-order valence-electron chi connectivity index (χ0n) is 14.9. The van der Waals surface area contributed by atoms with Gasteiger partial charge in [-0.05, 0) is 48.6 Å². The van der Waals surface area contributed by atoms with Crippen LogP contribution in [0.25, 0.3) is 5.69 Å². The topological polar surface area (TPSA) is 77.2 Å². The molecule has 6 nitrogen and oxygen atoms in total. The third-order valence-electron chi connectivity index (χ3n) is 4.74. The normalized spacial score (nSPS) is 15.0. The van der Waals surface area contributed by atoms with Crippen LogP contribution < -0.4 is 5.46 Å². The number of hydrogen-bond donors (Lipinski definition) is 1. The lowest BCUT2D eigenvalue weighted by Gasteiger charge is -2.19. The number of nitrogens with zero attached hydrogens (tertiary/aromatic N) is 3. The fraction of sp³-hybridized carbons (Fsp3) is 0.211. The molecule has 0 unspecified atom stereocenters. The molecular formula is C19H17BClN3O3. The highest BCUT2D eigenvalue weighted by atomic mass is 35.5. The molecule has 0 amide bonds. The maximum absolute atomic E-state index is 12.7. The third kappa shape index (κ3) is 3.29. The molecule has 1 N–H and O–H groups in total. The van der Waals surface area contributed by atoms with Gasteiger partial charge in [0, 0.05) is 12.0 Å². The summed E-state index contributed by atoms with van der Waals surface area (Å²) < 4.78 is 7.14. The van der Waals surface area contributed by atoms with Crippen molar-refractivity contribution in [2.24, 2.45) is 0 Å². The molecule has 0 saturated carbocycles. The van der Waals surface area contributed by atoms with E-state index in [0.717, 1.165) is 16.8 Å². The lowest BCUT2D eigenvalue weighted by atomic mass is 9.77. The van der Waals surface area contributed by atoms with E-state index >= 15 is 0 Å². The Bertz CT molecular complexity index is 1020. The quantitative estimate of drug-likeness (QED) is 0.554. The minimum Gasteiger partial charge on any atom is -0.423 e. The summed E-state index contributed by atoms with van der Waals surface area (Å²) in [5.41, 5.74) is 3.07. The molecule has 1 aliphatic rings. The first-order valence-corrected chi connectivity index (χ1v) is 8.90. The van der Waals surface area contributed by atoms with Gasteiger partial charge in [-0.15, -0.1) is 0 Å². The van der Waals surface area contributed by atoms with Gasteiger partial charge < -0.3 is 9.68 Å². The first-order chi connectivity index (χ1) is 12.8. The second-order valence-electron chi connectivity index (χ2n) is 7.01. The second-order valence-corrected chi connectivity index (χ2v) is 7.41. The maximum Gasteiger partial charge on any atom is 0.492 e. The summed E-state index contributed by atoms with van der Waals surface area (Å²) in [5.74, 6) is -0.0993. The van der Waals surface area contributed by atoms with E-state index in [1.54, 1.807) is 29.2 Å². The average Bonchev–Trinajstić information content (AvgIpc) is 3.22. The number of aromatic nitrogens is 3. The Morgan fingerprint density at radius 2 is 2.11 bits per heavy atom. The van der Waals surface area contributed by atoms with Gasteiger partial charge in [0.25, 0.3) is 0 Å². The van der Waals surface area contributed by atoms with Crippen molar-refractivity contribution < 1.29 is 14.5 Å². The van der Waals surface area contributed by atoms with Gasteiger partial charge in [-0.2, -0.15) is 5.10 Å². The molecule has 0 saturated heterocycles. The zero-order chi connectivity index (χ0) is 19.2. The summed E-state index contributed by atoms with van der Waals surface area (Å²) in [6.45, 7) is 3.81. The number of rotatable bonds is 4. The molecule has 2 heterocycles. The summed E-state index contributed by atoms with van der Waals surface area (Å²) in [6.07, 6.45) is 3.18. The van der Waals surface area contributed by atoms with E-state index in [1.807, 2.05) is 32.0 Å². The van der Waals surface area contributed by atoms with Crippen LogP contribution >= 0.6 is 11.6 Å². The van der Waals surface area contributed by atoms with Crippen LogP contribution in [0.15, 0.2) is 49.1 Å². The van der Waals surface area contributed by atoms with E-state index in [9.17, 15) is 9.82 Å². The second kappa shape index (κ2) is 6.60. The van der Waals surface area contributed by atoms with Gasteiger partial charge in [0.15, 0.2) is 5.78 Å². The lowest BCUT2D eigenvalue weighted by Crippen LogP contribution is -2.29. The molecule has 0 fully saturated rings. The highest BCUT2D eigenvalue weighted by Gasteiger charge is 2.40. The molecule has 2 aromatic carbocycles. The van der Waals surface area contributed by atoms with Crippen LogP contribution in [0.3, 0.4) is 0 Å². The maximum atomic E-state index is 12.7. The first-order valence-electron chi connectivity index (χ1n) is 8.52. The number of carbonyl (C=O) groups excluding carboxylic acids is 1. The first kappa shape index (κ1) is 17.9. The Morgan fingerprint density at radius 1 is 1.30 bits per heavy atom. The monoisotopic (exact) mass is 381 g/mol. The molecule has 0 spiro atoms. The number of fused-ring (bicyclic) bond motifs is 1. The Balaban J connectivity index is 1.57. The van der Waals surface area contributed by atoms with Crippen molar-refractivity contribution in [2.45, 2.75) is 25.9 Å². The highest BCUT2D eigenvalue weighted by molar-refractivity contribution is 6.62. The summed E-state index contributed by atoms with van der Waals surface area (Å²) in [5, 5.41) is 14.5. The predicted octanol–water partition coefficient (Wildman–Crippen LogP) is 2.30. The zero-order valence-corrected chi connectivity index (χ0v) is 15.6. The molecular weight excluding hydrogens is 364 g/mol. The van der Waals surface area contributed by atoms with Crippen LogP contribution in [0.4, 0.5) is 0 Å². The molecule has 0 bridgehead atoms. The van der Waals surface area contributed by atoms with Crippen molar-refractivity contribution in [1.29, 1.82) is 0 Å². The summed E-state index contributed by atoms with van der Waals surface area (Å²) in [4.78, 5) is 16.6. The Labute approximate surface area is 161 Å². The molecule has 0 aliphatic carbocycles. The number of ketones is 1. The van der Waals surface area contributed by atoms with E-state index in [4.69, 9.17) is 16.3 Å². The molecule has 1 aromatic heterocycles. The van der Waals surface area contributed by atoms with Gasteiger partial charge in [0.2, 0.25) is 0 Å². The van der Waals surface area contributed by atoms with E-state index in [0.29, 0.717) is 16.0 Å². The molecule has 3 aromatic rings. The van der Waals surface area contributed by atoms with Gasteiger partial charge in [0.1, 0.15) is 12.7 Å². The lowest BCUT2D eigenvalue weighted by molar-refractivity contribution is 0.0991. The summed E-state index contributed by atoms with van der Waals surface area (Å²) >= 11 is 6.32. The van der Waals surface area contributed by atoms with E-state index < -0.39 is 12.7 Å². The van der Waals surface area contributed by atoms with E-state index in [1.165, 1.54) is 6.33 Å². The van der Waals surface area contributed by atoms with Crippen LogP contribution in [-0.2, 0) is 16.7 Å². The number of halogens is 1. The van der Waals surface area contributed by atoms with Crippen molar-refractivity contribution in [3.63, 3.8) is 0 Å². The van der Waals surface area contributed by atoms with Gasteiger partial charge in [-0.3, -0.25) is 4.79 Å². The van der Waals surface area contributed by atoms with Crippen LogP contribution in [0.5, 0.6) is 0 Å². The molecule has 8 heteroatoms. The minimum absolute atomic E-state index is 0.0993. The van der Waals surface area contributed by atoms with Gasteiger partial charge in [-0.25, -0.2) is 9.67 Å². The van der Waals surface area contributed by atoms with Gasteiger partial charge in [-0.1, -0.05) is 29.8 Å². The molecule has 1 aliphatic heterocycles. The van der Waals surface area contributed by atoms with Crippen molar-refractivity contribution in [1.82, 2.24) is 14.8 Å².